The number of anilines is 3. The molecule has 1 aliphatic heterocycles. The highest BCUT2D eigenvalue weighted by Gasteiger charge is 2.22. The van der Waals surface area contributed by atoms with Crippen molar-refractivity contribution in [1.29, 1.82) is 0 Å². The molecule has 1 saturated heterocycles. The highest BCUT2D eigenvalue weighted by molar-refractivity contribution is 6.25. The standard InChI is InChI=1S/C23H19N5/c1-2-6-15(7-3-1)26-22-16-8-10-18-21-19(25-14-24-18)11-9-17(20(16)21)23(27-22)28-12-4-5-13-28/h1-3,6-11,14H,4-5,12-13H2,(H,26,27). The number of hydrogen-bond acceptors (Lipinski definition) is 5. The summed E-state index contributed by atoms with van der Waals surface area (Å²) in [5.41, 5.74) is 2.99. The second-order valence-electron chi connectivity index (χ2n) is 7.36. The summed E-state index contributed by atoms with van der Waals surface area (Å²) < 4.78 is 0. The maximum atomic E-state index is 5.11. The molecule has 5 aromatic rings. The van der Waals surface area contributed by atoms with Gasteiger partial charge in [0.25, 0.3) is 0 Å². The zero-order valence-corrected chi connectivity index (χ0v) is 15.4. The van der Waals surface area contributed by atoms with Crippen molar-refractivity contribution < 1.29 is 0 Å². The number of hydrogen-bond donors (Lipinski definition) is 1. The minimum absolute atomic E-state index is 0.888. The molecular formula is C23H19N5. The number of benzene rings is 3. The van der Waals surface area contributed by atoms with Crippen LogP contribution in [0.15, 0.2) is 60.9 Å². The van der Waals surface area contributed by atoms with Gasteiger partial charge in [0.05, 0.1) is 11.0 Å². The van der Waals surface area contributed by atoms with Gasteiger partial charge in [-0.3, -0.25) is 0 Å². The van der Waals surface area contributed by atoms with Gasteiger partial charge in [0, 0.05) is 40.3 Å². The highest BCUT2D eigenvalue weighted by atomic mass is 15.2. The van der Waals surface area contributed by atoms with E-state index < -0.39 is 0 Å². The molecule has 3 heterocycles. The van der Waals surface area contributed by atoms with E-state index >= 15 is 0 Å². The van der Waals surface area contributed by atoms with Crippen LogP contribution in [0.25, 0.3) is 32.6 Å². The van der Waals surface area contributed by atoms with Crippen LogP contribution in [0, 0.1) is 0 Å². The molecule has 0 saturated carbocycles. The number of nitrogens with zero attached hydrogens (tertiary/aromatic N) is 4. The van der Waals surface area contributed by atoms with Gasteiger partial charge in [0.2, 0.25) is 0 Å². The van der Waals surface area contributed by atoms with Crippen LogP contribution in [0.5, 0.6) is 0 Å². The van der Waals surface area contributed by atoms with E-state index in [-0.39, 0.29) is 0 Å². The van der Waals surface area contributed by atoms with Crippen molar-refractivity contribution >= 4 is 49.9 Å². The van der Waals surface area contributed by atoms with Crippen LogP contribution in [0.1, 0.15) is 12.8 Å². The molecule has 0 unspecified atom stereocenters. The Morgan fingerprint density at radius 2 is 1.46 bits per heavy atom. The number of pyridine rings is 1. The second-order valence-corrected chi connectivity index (χ2v) is 7.36. The number of aromatic nitrogens is 3. The Labute approximate surface area is 162 Å². The van der Waals surface area contributed by atoms with Crippen LogP contribution in [0.2, 0.25) is 0 Å². The van der Waals surface area contributed by atoms with E-state index in [0.717, 1.165) is 52.2 Å². The van der Waals surface area contributed by atoms with Crippen LogP contribution < -0.4 is 10.2 Å². The molecule has 136 valence electrons. The Bertz CT molecular complexity index is 1280. The largest absolute Gasteiger partial charge is 0.356 e. The molecule has 6 rings (SSSR count). The first-order chi connectivity index (χ1) is 13.9. The van der Waals surface area contributed by atoms with Gasteiger partial charge in [-0.05, 0) is 49.2 Å². The van der Waals surface area contributed by atoms with Gasteiger partial charge >= 0.3 is 0 Å². The summed E-state index contributed by atoms with van der Waals surface area (Å²) in [5.74, 6) is 1.94. The summed E-state index contributed by atoms with van der Waals surface area (Å²) in [6.07, 6.45) is 4.08. The van der Waals surface area contributed by atoms with E-state index in [1.165, 1.54) is 23.6 Å². The van der Waals surface area contributed by atoms with Crippen LogP contribution >= 0.6 is 0 Å². The van der Waals surface area contributed by atoms with E-state index in [2.05, 4.69) is 56.6 Å². The average molecular weight is 365 g/mol. The van der Waals surface area contributed by atoms with E-state index in [0.29, 0.717) is 0 Å². The zero-order chi connectivity index (χ0) is 18.5. The summed E-state index contributed by atoms with van der Waals surface area (Å²) >= 11 is 0. The Morgan fingerprint density at radius 3 is 2.21 bits per heavy atom. The quantitative estimate of drug-likeness (QED) is 0.450. The Hall–Kier alpha value is -3.47. The molecule has 0 bridgehead atoms. The van der Waals surface area contributed by atoms with Gasteiger partial charge in [-0.25, -0.2) is 15.0 Å². The topological polar surface area (TPSA) is 53.9 Å². The first-order valence-corrected chi connectivity index (χ1v) is 9.75. The van der Waals surface area contributed by atoms with E-state index in [1.54, 1.807) is 6.33 Å². The van der Waals surface area contributed by atoms with Crippen molar-refractivity contribution in [3.8, 4) is 0 Å². The predicted molar refractivity (Wildman–Crippen MR) is 115 cm³/mol. The average Bonchev–Trinajstić information content (AvgIpc) is 3.28. The van der Waals surface area contributed by atoms with Crippen LogP contribution in [0.3, 0.4) is 0 Å². The summed E-state index contributed by atoms with van der Waals surface area (Å²) in [5, 5.41) is 8.16. The lowest BCUT2D eigenvalue weighted by molar-refractivity contribution is 0.948. The summed E-state index contributed by atoms with van der Waals surface area (Å²) in [6, 6.07) is 18.7. The molecule has 0 radical (unpaired) electrons. The Morgan fingerprint density at radius 1 is 0.750 bits per heavy atom. The SMILES string of the molecule is c1ccc(Nc2nc(N3CCCC3)c3ccc4ncnc5ccc2c3c54)cc1. The van der Waals surface area contributed by atoms with Crippen molar-refractivity contribution in [2.75, 3.05) is 23.3 Å². The molecule has 5 nitrogen and oxygen atoms in total. The van der Waals surface area contributed by atoms with Crippen molar-refractivity contribution in [2.24, 2.45) is 0 Å². The first-order valence-electron chi connectivity index (χ1n) is 9.75. The Balaban J connectivity index is 1.70. The normalized spacial score (nSPS) is 14.5. The van der Waals surface area contributed by atoms with E-state index in [4.69, 9.17) is 4.98 Å². The molecule has 28 heavy (non-hydrogen) atoms. The highest BCUT2D eigenvalue weighted by Crippen LogP contribution is 2.41. The van der Waals surface area contributed by atoms with Gasteiger partial charge in [0.15, 0.2) is 0 Å². The molecule has 5 heteroatoms. The molecule has 1 N–H and O–H groups in total. The van der Waals surface area contributed by atoms with Gasteiger partial charge in [-0.1, -0.05) is 18.2 Å². The lowest BCUT2D eigenvalue weighted by atomic mass is 9.99. The molecule has 2 aromatic heterocycles. The van der Waals surface area contributed by atoms with Crippen LogP contribution in [-0.2, 0) is 0 Å². The number of para-hydroxylation sites is 1. The molecule has 0 aliphatic carbocycles. The molecule has 0 spiro atoms. The predicted octanol–water partition coefficient (Wildman–Crippen LogP) is 5.11. The lowest BCUT2D eigenvalue weighted by Crippen LogP contribution is -2.20. The van der Waals surface area contributed by atoms with Gasteiger partial charge in [-0.2, -0.15) is 0 Å². The fourth-order valence-corrected chi connectivity index (χ4v) is 4.36. The van der Waals surface area contributed by atoms with Gasteiger partial charge in [-0.15, -0.1) is 0 Å². The van der Waals surface area contributed by atoms with Crippen LogP contribution in [-0.4, -0.2) is 28.0 Å². The van der Waals surface area contributed by atoms with Gasteiger partial charge in [0.1, 0.15) is 18.0 Å². The summed E-state index contributed by atoms with van der Waals surface area (Å²) in [7, 11) is 0. The minimum atomic E-state index is 0.888. The molecule has 1 aliphatic rings. The molecule has 0 atom stereocenters. The van der Waals surface area contributed by atoms with Crippen molar-refractivity contribution in [3.63, 3.8) is 0 Å². The first kappa shape index (κ1) is 15.6. The summed E-state index contributed by atoms with van der Waals surface area (Å²) in [4.78, 5) is 16.5. The molecule has 1 fully saturated rings. The fourth-order valence-electron chi connectivity index (χ4n) is 4.36. The maximum Gasteiger partial charge on any atom is 0.140 e. The third-order valence-corrected chi connectivity index (χ3v) is 5.67. The molecule has 3 aromatic carbocycles. The molecule has 0 amide bonds. The number of nitrogens with one attached hydrogen (secondary N) is 1. The second kappa shape index (κ2) is 6.02. The van der Waals surface area contributed by atoms with E-state index in [9.17, 15) is 0 Å². The number of rotatable bonds is 3. The minimum Gasteiger partial charge on any atom is -0.356 e. The lowest BCUT2D eigenvalue weighted by Gasteiger charge is -2.22. The third kappa shape index (κ3) is 2.29. The Kier molecular flexibility index (Phi) is 3.35. The fraction of sp³-hybridized carbons (Fsp3) is 0.174. The van der Waals surface area contributed by atoms with Crippen molar-refractivity contribution in [1.82, 2.24) is 15.0 Å². The van der Waals surface area contributed by atoms with Crippen molar-refractivity contribution in [2.45, 2.75) is 12.8 Å². The third-order valence-electron chi connectivity index (χ3n) is 5.67. The van der Waals surface area contributed by atoms with Crippen LogP contribution in [0.4, 0.5) is 17.3 Å². The van der Waals surface area contributed by atoms with Gasteiger partial charge < -0.3 is 10.2 Å². The molecular weight excluding hydrogens is 346 g/mol. The monoisotopic (exact) mass is 365 g/mol. The van der Waals surface area contributed by atoms with E-state index in [1.807, 2.05) is 18.2 Å². The smallest absolute Gasteiger partial charge is 0.140 e. The van der Waals surface area contributed by atoms with Crippen molar-refractivity contribution in [3.05, 3.63) is 60.9 Å². The zero-order valence-electron chi connectivity index (χ0n) is 15.4. The summed E-state index contributed by atoms with van der Waals surface area (Å²) in [6.45, 7) is 2.11. The maximum absolute atomic E-state index is 5.11.